The molecule has 0 amide bonds. The van der Waals surface area contributed by atoms with Crippen molar-refractivity contribution in [3.05, 3.63) is 0 Å². The molecule has 1 aliphatic heterocycles. The molecule has 0 saturated carbocycles. The van der Waals surface area contributed by atoms with Crippen LogP contribution in [0.2, 0.25) is 0 Å². The van der Waals surface area contributed by atoms with E-state index in [1.54, 1.807) is 7.11 Å². The fourth-order valence-electron chi connectivity index (χ4n) is 1.56. The van der Waals surface area contributed by atoms with Crippen LogP contribution in [-0.4, -0.2) is 38.5 Å². The Labute approximate surface area is 80.8 Å². The molecule has 0 bridgehead atoms. The van der Waals surface area contributed by atoms with Crippen molar-refractivity contribution in [1.29, 1.82) is 0 Å². The quantitative estimate of drug-likeness (QED) is 0.701. The molecular weight excluding hydrogens is 166 g/mol. The first-order valence-corrected chi connectivity index (χ1v) is 5.12. The molecule has 1 rings (SSSR count). The normalized spacial score (nSPS) is 27.5. The van der Waals surface area contributed by atoms with Crippen LogP contribution in [0.5, 0.6) is 0 Å². The summed E-state index contributed by atoms with van der Waals surface area (Å²) in [6, 6.07) is 0.445. The molecule has 1 fully saturated rings. The van der Waals surface area contributed by atoms with Gasteiger partial charge in [0, 0.05) is 26.3 Å². The van der Waals surface area contributed by atoms with E-state index < -0.39 is 0 Å². The minimum atomic E-state index is 0.281. The number of rotatable bonds is 5. The molecule has 1 aliphatic rings. The lowest BCUT2D eigenvalue weighted by Gasteiger charge is -2.21. The third-order valence-electron chi connectivity index (χ3n) is 2.65. The van der Waals surface area contributed by atoms with Gasteiger partial charge in [0.15, 0.2) is 0 Å². The second-order valence-electron chi connectivity index (χ2n) is 3.79. The van der Waals surface area contributed by atoms with E-state index in [9.17, 15) is 0 Å². The first-order chi connectivity index (χ1) is 6.24. The Balaban J connectivity index is 2.12. The molecule has 13 heavy (non-hydrogen) atoms. The smallest absolute Gasteiger partial charge is 0.0726 e. The van der Waals surface area contributed by atoms with E-state index in [-0.39, 0.29) is 6.10 Å². The van der Waals surface area contributed by atoms with Crippen molar-refractivity contribution in [2.24, 2.45) is 0 Å². The van der Waals surface area contributed by atoms with Gasteiger partial charge in [-0.25, -0.2) is 0 Å². The van der Waals surface area contributed by atoms with Gasteiger partial charge >= 0.3 is 0 Å². The van der Waals surface area contributed by atoms with Gasteiger partial charge in [-0.3, -0.25) is 0 Å². The van der Waals surface area contributed by atoms with Gasteiger partial charge in [0.25, 0.3) is 0 Å². The SMILES string of the molecule is COC(C)CNC(C)C1CCCO1. The second-order valence-corrected chi connectivity index (χ2v) is 3.79. The predicted octanol–water partition coefficient (Wildman–Crippen LogP) is 1.18. The molecule has 0 aromatic heterocycles. The molecule has 0 aromatic carbocycles. The van der Waals surface area contributed by atoms with Crippen molar-refractivity contribution >= 4 is 0 Å². The average Bonchev–Trinajstić information content (AvgIpc) is 2.66. The van der Waals surface area contributed by atoms with Crippen molar-refractivity contribution in [3.63, 3.8) is 0 Å². The van der Waals surface area contributed by atoms with E-state index in [4.69, 9.17) is 9.47 Å². The molecule has 0 spiro atoms. The van der Waals surface area contributed by atoms with E-state index in [2.05, 4.69) is 19.2 Å². The highest BCUT2D eigenvalue weighted by atomic mass is 16.5. The summed E-state index contributed by atoms with van der Waals surface area (Å²) < 4.78 is 10.7. The van der Waals surface area contributed by atoms with E-state index >= 15 is 0 Å². The topological polar surface area (TPSA) is 30.5 Å². The van der Waals surface area contributed by atoms with Gasteiger partial charge < -0.3 is 14.8 Å². The van der Waals surface area contributed by atoms with Crippen molar-refractivity contribution in [2.45, 2.75) is 44.9 Å². The van der Waals surface area contributed by atoms with Gasteiger partial charge in [-0.15, -0.1) is 0 Å². The predicted molar refractivity (Wildman–Crippen MR) is 52.9 cm³/mol. The summed E-state index contributed by atoms with van der Waals surface area (Å²) in [7, 11) is 1.74. The summed E-state index contributed by atoms with van der Waals surface area (Å²) in [6.45, 7) is 6.07. The summed E-state index contributed by atoms with van der Waals surface area (Å²) in [6.07, 6.45) is 3.08. The lowest BCUT2D eigenvalue weighted by atomic mass is 10.1. The van der Waals surface area contributed by atoms with Crippen LogP contribution in [0.25, 0.3) is 0 Å². The average molecular weight is 187 g/mol. The molecule has 1 N–H and O–H groups in total. The molecule has 3 unspecified atom stereocenters. The van der Waals surface area contributed by atoms with Crippen LogP contribution < -0.4 is 5.32 Å². The minimum absolute atomic E-state index is 0.281. The molecule has 0 aliphatic carbocycles. The van der Waals surface area contributed by atoms with Gasteiger partial charge in [-0.1, -0.05) is 0 Å². The Morgan fingerprint density at radius 2 is 2.31 bits per heavy atom. The largest absolute Gasteiger partial charge is 0.380 e. The highest BCUT2D eigenvalue weighted by Gasteiger charge is 2.21. The third kappa shape index (κ3) is 3.63. The summed E-state index contributed by atoms with van der Waals surface area (Å²) in [4.78, 5) is 0. The van der Waals surface area contributed by atoms with Crippen LogP contribution in [-0.2, 0) is 9.47 Å². The summed E-state index contributed by atoms with van der Waals surface area (Å²) >= 11 is 0. The first-order valence-electron chi connectivity index (χ1n) is 5.12. The molecule has 1 heterocycles. The standard InChI is InChI=1S/C10H21NO2/c1-8(12-3)7-11-9(2)10-5-4-6-13-10/h8-11H,4-7H2,1-3H3. The van der Waals surface area contributed by atoms with E-state index in [0.717, 1.165) is 13.2 Å². The number of nitrogens with one attached hydrogen (secondary N) is 1. The lowest BCUT2D eigenvalue weighted by molar-refractivity contribution is 0.0704. The van der Waals surface area contributed by atoms with Crippen LogP contribution >= 0.6 is 0 Å². The Morgan fingerprint density at radius 3 is 2.85 bits per heavy atom. The zero-order valence-electron chi connectivity index (χ0n) is 8.88. The summed E-state index contributed by atoms with van der Waals surface area (Å²) in [5.74, 6) is 0. The first kappa shape index (κ1) is 11.0. The van der Waals surface area contributed by atoms with Crippen molar-refractivity contribution in [3.8, 4) is 0 Å². The zero-order valence-corrected chi connectivity index (χ0v) is 8.88. The molecule has 78 valence electrons. The Kier molecular flexibility index (Phi) is 4.70. The Hall–Kier alpha value is -0.120. The fourth-order valence-corrected chi connectivity index (χ4v) is 1.56. The van der Waals surface area contributed by atoms with Crippen LogP contribution in [0.15, 0.2) is 0 Å². The number of hydrogen-bond donors (Lipinski definition) is 1. The van der Waals surface area contributed by atoms with Gasteiger partial charge in [0.2, 0.25) is 0 Å². The van der Waals surface area contributed by atoms with Gasteiger partial charge in [-0.05, 0) is 26.7 Å². The van der Waals surface area contributed by atoms with Gasteiger partial charge in [0.05, 0.1) is 12.2 Å². The Bertz CT molecular complexity index is 135. The molecule has 3 heteroatoms. The van der Waals surface area contributed by atoms with Gasteiger partial charge in [-0.2, -0.15) is 0 Å². The third-order valence-corrected chi connectivity index (χ3v) is 2.65. The Morgan fingerprint density at radius 1 is 1.54 bits per heavy atom. The molecule has 3 nitrogen and oxygen atoms in total. The highest BCUT2D eigenvalue weighted by molar-refractivity contribution is 4.77. The lowest BCUT2D eigenvalue weighted by Crippen LogP contribution is -2.40. The minimum Gasteiger partial charge on any atom is -0.380 e. The molecular formula is C10H21NO2. The van der Waals surface area contributed by atoms with Crippen molar-refractivity contribution in [2.75, 3.05) is 20.3 Å². The maximum absolute atomic E-state index is 5.58. The summed E-state index contributed by atoms with van der Waals surface area (Å²) in [5, 5.41) is 3.43. The van der Waals surface area contributed by atoms with Crippen LogP contribution in [0.4, 0.5) is 0 Å². The van der Waals surface area contributed by atoms with E-state index in [1.165, 1.54) is 12.8 Å². The van der Waals surface area contributed by atoms with Crippen LogP contribution in [0.3, 0.4) is 0 Å². The van der Waals surface area contributed by atoms with E-state index in [1.807, 2.05) is 0 Å². The number of ether oxygens (including phenoxy) is 2. The van der Waals surface area contributed by atoms with Crippen molar-refractivity contribution in [1.82, 2.24) is 5.32 Å². The molecule has 1 saturated heterocycles. The number of hydrogen-bond acceptors (Lipinski definition) is 3. The molecule has 0 radical (unpaired) electrons. The molecule has 3 atom stereocenters. The highest BCUT2D eigenvalue weighted by Crippen LogP contribution is 2.15. The van der Waals surface area contributed by atoms with Crippen LogP contribution in [0.1, 0.15) is 26.7 Å². The maximum Gasteiger partial charge on any atom is 0.0726 e. The van der Waals surface area contributed by atoms with Crippen LogP contribution in [0, 0.1) is 0 Å². The fraction of sp³-hybridized carbons (Fsp3) is 1.00. The van der Waals surface area contributed by atoms with Crippen molar-refractivity contribution < 1.29 is 9.47 Å². The zero-order chi connectivity index (χ0) is 9.68. The monoisotopic (exact) mass is 187 g/mol. The number of methoxy groups -OCH3 is 1. The second kappa shape index (κ2) is 5.58. The van der Waals surface area contributed by atoms with E-state index in [0.29, 0.717) is 12.1 Å². The maximum atomic E-state index is 5.58. The molecule has 0 aromatic rings. The summed E-state index contributed by atoms with van der Waals surface area (Å²) in [5.41, 5.74) is 0. The van der Waals surface area contributed by atoms with Gasteiger partial charge in [0.1, 0.15) is 0 Å².